The Morgan fingerprint density at radius 2 is 1.19 bits per heavy atom. The van der Waals surface area contributed by atoms with Gasteiger partial charge in [-0.25, -0.2) is 0 Å². The minimum Gasteiger partial charge on any atom is -0.636 e. The molecule has 6 rings (SSSR count). The summed E-state index contributed by atoms with van der Waals surface area (Å²) in [5, 5.41) is 5.92. The second kappa shape index (κ2) is 14.4. The SMILES string of the molecule is CC(C)N1[C@@H](c2ccccc2)[C@H](c2ccccc2)N(C(C)C)[P+]1([O-])N[C@@H](CC(=O)/C=C/c1ccccc1)c1ccc2ccccc2c1. The number of ketones is 1. The Bertz CT molecular complexity index is 1750. The summed E-state index contributed by atoms with van der Waals surface area (Å²) in [6.45, 7) is 8.48. The molecule has 3 atom stereocenters. The van der Waals surface area contributed by atoms with E-state index in [0.717, 1.165) is 33.0 Å². The molecule has 6 heteroatoms. The lowest BCUT2D eigenvalue weighted by molar-refractivity contribution is -0.198. The van der Waals surface area contributed by atoms with Crippen molar-refractivity contribution < 1.29 is 9.69 Å². The quantitative estimate of drug-likeness (QED) is 0.115. The highest BCUT2D eigenvalue weighted by Gasteiger charge is 2.62. The zero-order valence-electron chi connectivity index (χ0n) is 27.6. The largest absolute Gasteiger partial charge is 0.636 e. The van der Waals surface area contributed by atoms with E-state index in [4.69, 9.17) is 0 Å². The first kappa shape index (κ1) is 33.0. The summed E-state index contributed by atoms with van der Waals surface area (Å²) in [4.78, 5) is 29.8. The van der Waals surface area contributed by atoms with Crippen LogP contribution in [0.25, 0.3) is 16.8 Å². The predicted molar refractivity (Wildman–Crippen MR) is 194 cm³/mol. The molecular weight excluding hydrogens is 597 g/mol. The lowest BCUT2D eigenvalue weighted by Crippen LogP contribution is -2.48. The summed E-state index contributed by atoms with van der Waals surface area (Å²) in [6.07, 6.45) is 3.67. The molecule has 5 nitrogen and oxygen atoms in total. The Kier molecular flexibility index (Phi) is 10.1. The first-order valence-electron chi connectivity index (χ1n) is 16.6. The number of benzene rings is 5. The van der Waals surface area contributed by atoms with Gasteiger partial charge in [-0.3, -0.25) is 4.79 Å². The van der Waals surface area contributed by atoms with Gasteiger partial charge in [0.2, 0.25) is 0 Å². The number of carbonyl (C=O) groups is 1. The molecule has 0 spiro atoms. The van der Waals surface area contributed by atoms with Crippen LogP contribution in [0.15, 0.2) is 140 Å². The summed E-state index contributed by atoms with van der Waals surface area (Å²) >= 11 is 0. The molecule has 1 aliphatic heterocycles. The summed E-state index contributed by atoms with van der Waals surface area (Å²) < 4.78 is 4.39. The molecule has 0 bridgehead atoms. The van der Waals surface area contributed by atoms with Gasteiger partial charge in [0.15, 0.2) is 13.7 Å². The average Bonchev–Trinajstić information content (AvgIpc) is 3.37. The van der Waals surface area contributed by atoms with E-state index in [9.17, 15) is 4.79 Å². The van der Waals surface area contributed by atoms with Gasteiger partial charge >= 0.3 is 0 Å². The van der Waals surface area contributed by atoms with Crippen LogP contribution in [-0.2, 0) is 4.79 Å². The minimum absolute atomic E-state index is 0.0308. The summed E-state index contributed by atoms with van der Waals surface area (Å²) in [7, 11) is -3.52. The lowest BCUT2D eigenvalue weighted by Gasteiger charge is -2.45. The van der Waals surface area contributed by atoms with Crippen molar-refractivity contribution >= 4 is 30.6 Å². The highest BCUT2D eigenvalue weighted by molar-refractivity contribution is 7.62. The van der Waals surface area contributed by atoms with Gasteiger partial charge in [-0.05, 0) is 72.9 Å². The summed E-state index contributed by atoms with van der Waals surface area (Å²) in [5.41, 5.74) is 4.13. The molecule has 0 radical (unpaired) electrons. The number of nitrogens with zero attached hydrogens (tertiary/aromatic N) is 2. The number of rotatable bonds is 11. The van der Waals surface area contributed by atoms with Crippen molar-refractivity contribution in [1.29, 1.82) is 0 Å². The van der Waals surface area contributed by atoms with E-state index in [1.165, 1.54) is 0 Å². The van der Waals surface area contributed by atoms with Crippen molar-refractivity contribution in [3.05, 3.63) is 162 Å². The predicted octanol–water partition coefficient (Wildman–Crippen LogP) is 9.10. The van der Waals surface area contributed by atoms with Crippen LogP contribution >= 0.6 is 7.94 Å². The second-order valence-corrected chi connectivity index (χ2v) is 15.2. The standard InChI is InChI=1S/C41H44N3O2P/c1-30(2)43-40(34-19-10-6-11-20-34)41(35-21-12-7-13-22-35)44(31(3)4)47(43,46)42-39(29-38(45)27-24-32-16-8-5-9-17-32)37-26-25-33-18-14-15-23-36(33)28-37/h5-28,30-31,39-41H,29H2,1-4H3,(H,42,46)/b27-24+/t39-,40-,41-/m0/s1. The number of hydrogen-bond donors (Lipinski definition) is 1. The van der Waals surface area contributed by atoms with Crippen molar-refractivity contribution in [2.75, 3.05) is 0 Å². The molecule has 1 aliphatic rings. The Hall–Kier alpha value is -3.96. The van der Waals surface area contributed by atoms with Crippen molar-refractivity contribution in [2.45, 2.75) is 64.3 Å². The van der Waals surface area contributed by atoms with Gasteiger partial charge in [-0.2, -0.15) is 5.09 Å². The highest BCUT2D eigenvalue weighted by Crippen LogP contribution is 2.72. The summed E-state index contributed by atoms with van der Waals surface area (Å²) in [6, 6.07) is 44.3. The molecule has 0 saturated carbocycles. The average molecular weight is 642 g/mol. The maximum absolute atomic E-state index is 16.1. The zero-order valence-corrected chi connectivity index (χ0v) is 28.5. The molecule has 47 heavy (non-hydrogen) atoms. The van der Waals surface area contributed by atoms with Crippen molar-refractivity contribution in [2.24, 2.45) is 0 Å². The monoisotopic (exact) mass is 641 g/mol. The lowest BCUT2D eigenvalue weighted by atomic mass is 9.92. The number of fused-ring (bicyclic) bond motifs is 1. The smallest absolute Gasteiger partial charge is 0.185 e. The van der Waals surface area contributed by atoms with E-state index in [1.807, 2.05) is 60.7 Å². The van der Waals surface area contributed by atoms with Gasteiger partial charge in [-0.15, -0.1) is 9.34 Å². The van der Waals surface area contributed by atoms with E-state index >= 15 is 4.89 Å². The van der Waals surface area contributed by atoms with E-state index in [2.05, 4.69) is 121 Å². The molecule has 0 aromatic heterocycles. The maximum Gasteiger partial charge on any atom is 0.185 e. The van der Waals surface area contributed by atoms with Crippen LogP contribution in [0.2, 0.25) is 0 Å². The molecule has 1 fully saturated rings. The van der Waals surface area contributed by atoms with Crippen molar-refractivity contribution in [3.63, 3.8) is 0 Å². The molecule has 1 saturated heterocycles. The summed E-state index contributed by atoms with van der Waals surface area (Å²) in [5.74, 6) is -0.0308. The van der Waals surface area contributed by atoms with Crippen LogP contribution < -0.4 is 9.98 Å². The Balaban J connectivity index is 1.47. The highest BCUT2D eigenvalue weighted by atomic mass is 31.2. The van der Waals surface area contributed by atoms with Gasteiger partial charge in [0.05, 0.1) is 18.1 Å². The van der Waals surface area contributed by atoms with Crippen molar-refractivity contribution in [3.8, 4) is 0 Å². The van der Waals surface area contributed by atoms with E-state index < -0.39 is 14.0 Å². The third kappa shape index (κ3) is 7.01. The molecule has 5 aromatic rings. The Morgan fingerprint density at radius 3 is 1.72 bits per heavy atom. The van der Waals surface area contributed by atoms with Crippen molar-refractivity contribution in [1.82, 2.24) is 14.4 Å². The van der Waals surface area contributed by atoms with E-state index in [1.54, 1.807) is 6.08 Å². The third-order valence-corrected chi connectivity index (χ3v) is 12.3. The Morgan fingerprint density at radius 1 is 0.702 bits per heavy atom. The van der Waals surface area contributed by atoms with Gasteiger partial charge in [-0.1, -0.05) is 133 Å². The fourth-order valence-electron chi connectivity index (χ4n) is 7.01. The first-order valence-corrected chi connectivity index (χ1v) is 18.2. The van der Waals surface area contributed by atoms with Crippen LogP contribution in [0.1, 0.15) is 74.5 Å². The molecule has 1 N–H and O–H groups in total. The first-order chi connectivity index (χ1) is 22.8. The molecule has 5 aromatic carbocycles. The zero-order chi connectivity index (χ0) is 33.0. The minimum atomic E-state index is -3.52. The van der Waals surface area contributed by atoms with Crippen LogP contribution in [0, 0.1) is 0 Å². The molecular formula is C41H44N3O2P. The van der Waals surface area contributed by atoms with E-state index in [0.29, 0.717) is 0 Å². The fourth-order valence-corrected chi connectivity index (χ4v) is 10.6. The fraction of sp³-hybridized carbons (Fsp3) is 0.244. The molecule has 0 aliphatic carbocycles. The molecule has 0 amide bonds. The van der Waals surface area contributed by atoms with Crippen LogP contribution in [-0.4, -0.2) is 27.2 Å². The maximum atomic E-state index is 16.1. The molecule has 240 valence electrons. The van der Waals surface area contributed by atoms with Gasteiger partial charge in [0.1, 0.15) is 0 Å². The molecule has 1 heterocycles. The number of carbonyl (C=O) groups excluding carboxylic acids is 1. The number of hydrogen-bond acceptors (Lipinski definition) is 5. The number of allylic oxidation sites excluding steroid dienone is 1. The van der Waals surface area contributed by atoms with Gasteiger partial charge in [0.25, 0.3) is 0 Å². The number of nitrogens with one attached hydrogen (secondary N) is 1. The van der Waals surface area contributed by atoms with E-state index in [-0.39, 0.29) is 36.4 Å². The van der Waals surface area contributed by atoms with Crippen LogP contribution in [0.5, 0.6) is 0 Å². The Labute approximate surface area is 280 Å². The normalized spacial score (nSPS) is 19.2. The third-order valence-electron chi connectivity index (χ3n) is 9.00. The topological polar surface area (TPSA) is 58.6 Å². The van der Waals surface area contributed by atoms with Gasteiger partial charge < -0.3 is 4.89 Å². The molecule has 0 unspecified atom stereocenters. The second-order valence-electron chi connectivity index (χ2n) is 12.9. The van der Waals surface area contributed by atoms with Gasteiger partial charge in [0, 0.05) is 18.5 Å². The van der Waals surface area contributed by atoms with Crippen LogP contribution in [0.4, 0.5) is 0 Å². The van der Waals surface area contributed by atoms with Crippen LogP contribution in [0.3, 0.4) is 0 Å².